The fourth-order valence-electron chi connectivity index (χ4n) is 2.27. The summed E-state index contributed by atoms with van der Waals surface area (Å²) in [4.78, 5) is 25.6. The van der Waals surface area contributed by atoms with Gasteiger partial charge < -0.3 is 20.1 Å². The average Bonchev–Trinajstić information content (AvgIpc) is 2.57. The molecule has 1 heterocycles. The van der Waals surface area contributed by atoms with Gasteiger partial charge in [0.1, 0.15) is 0 Å². The van der Waals surface area contributed by atoms with Gasteiger partial charge in [-0.05, 0) is 31.3 Å². The minimum atomic E-state index is -0.631. The van der Waals surface area contributed by atoms with Crippen LogP contribution in [0, 0.1) is 0 Å². The van der Waals surface area contributed by atoms with Gasteiger partial charge in [0.25, 0.3) is 0 Å². The summed E-state index contributed by atoms with van der Waals surface area (Å²) in [5.41, 5.74) is 1.16. The standard InChI is InChI=1S/C16H22N4O4S/c1-2-24-16(22)19-15(25)18-13-6-4-3-5-12(13)17-14(21)11-20-7-9-23-10-8-20/h3-6H,2,7-11H2,1H3,(H,17,21)(H2,18,19,22,25). The Labute approximate surface area is 151 Å². The fraction of sp³-hybridized carbons (Fsp3) is 0.438. The topological polar surface area (TPSA) is 91.9 Å². The number of para-hydroxylation sites is 2. The Bertz CT molecular complexity index is 620. The van der Waals surface area contributed by atoms with Crippen LogP contribution >= 0.6 is 12.2 Å². The Hall–Kier alpha value is -2.23. The van der Waals surface area contributed by atoms with Crippen LogP contribution in [0.2, 0.25) is 0 Å². The summed E-state index contributed by atoms with van der Waals surface area (Å²) >= 11 is 5.07. The summed E-state index contributed by atoms with van der Waals surface area (Å²) in [5.74, 6) is -0.125. The predicted octanol–water partition coefficient (Wildman–Crippen LogP) is 1.40. The molecule has 1 aromatic rings. The molecule has 1 aromatic carbocycles. The maximum Gasteiger partial charge on any atom is 0.413 e. The first-order valence-electron chi connectivity index (χ1n) is 8.02. The van der Waals surface area contributed by atoms with Crippen LogP contribution in [0.5, 0.6) is 0 Å². The van der Waals surface area contributed by atoms with Crippen LogP contribution in [0.15, 0.2) is 24.3 Å². The summed E-state index contributed by atoms with van der Waals surface area (Å²) in [6, 6.07) is 7.11. The van der Waals surface area contributed by atoms with Crippen molar-refractivity contribution >= 4 is 40.7 Å². The van der Waals surface area contributed by atoms with Gasteiger partial charge in [-0.2, -0.15) is 0 Å². The van der Waals surface area contributed by atoms with Crippen molar-refractivity contribution in [3.8, 4) is 0 Å². The van der Waals surface area contributed by atoms with Gasteiger partial charge >= 0.3 is 6.09 Å². The molecule has 0 unspecified atom stereocenters. The highest BCUT2D eigenvalue weighted by atomic mass is 32.1. The molecule has 9 heteroatoms. The Morgan fingerprint density at radius 1 is 1.20 bits per heavy atom. The number of benzene rings is 1. The molecule has 0 saturated carbocycles. The largest absolute Gasteiger partial charge is 0.450 e. The second-order valence-corrected chi connectivity index (χ2v) is 5.69. The molecule has 1 aliphatic heterocycles. The van der Waals surface area contributed by atoms with Crippen LogP contribution in [0.4, 0.5) is 16.2 Å². The highest BCUT2D eigenvalue weighted by Gasteiger charge is 2.15. The van der Waals surface area contributed by atoms with Crippen molar-refractivity contribution in [1.82, 2.24) is 10.2 Å². The second-order valence-electron chi connectivity index (χ2n) is 5.28. The number of nitrogens with zero attached hydrogens (tertiary/aromatic N) is 1. The number of ether oxygens (including phenoxy) is 2. The maximum atomic E-state index is 12.2. The molecule has 0 atom stereocenters. The Kier molecular flexibility index (Phi) is 7.58. The number of hydrogen-bond donors (Lipinski definition) is 3. The number of hydrogen-bond acceptors (Lipinski definition) is 6. The van der Waals surface area contributed by atoms with Crippen molar-refractivity contribution < 1.29 is 19.1 Å². The second kappa shape index (κ2) is 9.92. The molecule has 136 valence electrons. The average molecular weight is 366 g/mol. The number of amides is 2. The minimum Gasteiger partial charge on any atom is -0.450 e. The van der Waals surface area contributed by atoms with Crippen LogP contribution < -0.4 is 16.0 Å². The molecule has 2 amide bonds. The molecule has 3 N–H and O–H groups in total. The van der Waals surface area contributed by atoms with E-state index in [2.05, 4.69) is 16.0 Å². The summed E-state index contributed by atoms with van der Waals surface area (Å²) in [7, 11) is 0. The number of morpholine rings is 1. The molecule has 0 aromatic heterocycles. The number of nitrogens with one attached hydrogen (secondary N) is 3. The molecule has 0 spiro atoms. The first-order valence-corrected chi connectivity index (χ1v) is 8.43. The Morgan fingerprint density at radius 2 is 1.84 bits per heavy atom. The van der Waals surface area contributed by atoms with E-state index in [0.29, 0.717) is 31.1 Å². The number of thiocarbonyl (C=S) groups is 1. The lowest BCUT2D eigenvalue weighted by molar-refractivity contribution is -0.118. The van der Waals surface area contributed by atoms with Crippen LogP contribution in [-0.4, -0.2) is 61.5 Å². The zero-order valence-corrected chi connectivity index (χ0v) is 14.9. The highest BCUT2D eigenvalue weighted by Crippen LogP contribution is 2.20. The molecule has 0 bridgehead atoms. The van der Waals surface area contributed by atoms with Crippen molar-refractivity contribution in [2.75, 3.05) is 50.1 Å². The number of alkyl carbamates (subject to hydrolysis) is 1. The molecule has 0 radical (unpaired) electrons. The molecule has 2 rings (SSSR count). The van der Waals surface area contributed by atoms with Crippen molar-refractivity contribution in [3.63, 3.8) is 0 Å². The zero-order valence-electron chi connectivity index (χ0n) is 14.0. The molecule has 1 fully saturated rings. The molecule has 8 nitrogen and oxygen atoms in total. The number of anilines is 2. The SMILES string of the molecule is CCOC(=O)NC(=S)Nc1ccccc1NC(=O)CN1CCOCC1. The lowest BCUT2D eigenvalue weighted by Gasteiger charge is -2.26. The molecule has 0 aliphatic carbocycles. The van der Waals surface area contributed by atoms with Crippen molar-refractivity contribution in [3.05, 3.63) is 24.3 Å². The van der Waals surface area contributed by atoms with E-state index in [-0.39, 0.29) is 17.6 Å². The van der Waals surface area contributed by atoms with E-state index < -0.39 is 6.09 Å². The molecular formula is C16H22N4O4S. The van der Waals surface area contributed by atoms with Gasteiger partial charge in [0.05, 0.1) is 37.7 Å². The minimum absolute atomic E-state index is 0.0910. The van der Waals surface area contributed by atoms with Crippen molar-refractivity contribution in [2.45, 2.75) is 6.92 Å². The quantitative estimate of drug-likeness (QED) is 0.679. The zero-order chi connectivity index (χ0) is 18.1. The third kappa shape index (κ3) is 6.65. The predicted molar refractivity (Wildman–Crippen MR) is 98.7 cm³/mol. The molecule has 1 aliphatic rings. The highest BCUT2D eigenvalue weighted by molar-refractivity contribution is 7.80. The van der Waals surface area contributed by atoms with Gasteiger partial charge in [0, 0.05) is 13.1 Å². The maximum absolute atomic E-state index is 12.2. The van der Waals surface area contributed by atoms with Crippen molar-refractivity contribution in [2.24, 2.45) is 0 Å². The van der Waals surface area contributed by atoms with Gasteiger partial charge in [-0.3, -0.25) is 15.0 Å². The van der Waals surface area contributed by atoms with Crippen molar-refractivity contribution in [1.29, 1.82) is 0 Å². The first-order chi connectivity index (χ1) is 12.1. The monoisotopic (exact) mass is 366 g/mol. The third-order valence-electron chi connectivity index (χ3n) is 3.41. The summed E-state index contributed by atoms with van der Waals surface area (Å²) in [6.07, 6.45) is -0.631. The smallest absolute Gasteiger partial charge is 0.413 e. The van der Waals surface area contributed by atoms with E-state index in [9.17, 15) is 9.59 Å². The molecular weight excluding hydrogens is 344 g/mol. The molecule has 25 heavy (non-hydrogen) atoms. The lowest BCUT2D eigenvalue weighted by atomic mass is 10.2. The number of carbonyl (C=O) groups excluding carboxylic acids is 2. The summed E-state index contributed by atoms with van der Waals surface area (Å²) in [6.45, 7) is 5.00. The van der Waals surface area contributed by atoms with Gasteiger partial charge in [-0.15, -0.1) is 0 Å². The Balaban J connectivity index is 1.91. The fourth-order valence-corrected chi connectivity index (χ4v) is 2.46. The Morgan fingerprint density at radius 3 is 2.48 bits per heavy atom. The summed E-state index contributed by atoms with van der Waals surface area (Å²) < 4.78 is 10.0. The normalized spacial score (nSPS) is 14.4. The van der Waals surface area contributed by atoms with Crippen LogP contribution in [0.25, 0.3) is 0 Å². The number of rotatable bonds is 5. The van der Waals surface area contributed by atoms with Gasteiger partial charge in [0.15, 0.2) is 5.11 Å². The van der Waals surface area contributed by atoms with Gasteiger partial charge in [0.2, 0.25) is 5.91 Å². The van der Waals surface area contributed by atoms with E-state index in [1.807, 2.05) is 4.90 Å². The third-order valence-corrected chi connectivity index (χ3v) is 3.62. The van der Waals surface area contributed by atoms with Crippen LogP contribution in [-0.2, 0) is 14.3 Å². The van der Waals surface area contributed by atoms with E-state index in [1.54, 1.807) is 31.2 Å². The molecule has 1 saturated heterocycles. The van der Waals surface area contributed by atoms with Crippen LogP contribution in [0.1, 0.15) is 6.92 Å². The lowest BCUT2D eigenvalue weighted by Crippen LogP contribution is -2.41. The van der Waals surface area contributed by atoms with E-state index >= 15 is 0 Å². The number of carbonyl (C=O) groups is 2. The van der Waals surface area contributed by atoms with Gasteiger partial charge in [-0.1, -0.05) is 12.1 Å². The van der Waals surface area contributed by atoms with Gasteiger partial charge in [-0.25, -0.2) is 4.79 Å². The van der Waals surface area contributed by atoms with E-state index in [1.165, 1.54) is 0 Å². The van der Waals surface area contributed by atoms with E-state index in [4.69, 9.17) is 21.7 Å². The van der Waals surface area contributed by atoms with Crippen LogP contribution in [0.3, 0.4) is 0 Å². The van der Waals surface area contributed by atoms with E-state index in [0.717, 1.165) is 13.1 Å². The first kappa shape index (κ1) is 19.1. The summed E-state index contributed by atoms with van der Waals surface area (Å²) in [5, 5.41) is 8.23.